The van der Waals surface area contributed by atoms with Crippen molar-refractivity contribution >= 4 is 33.0 Å². The van der Waals surface area contributed by atoms with Gasteiger partial charge in [-0.05, 0) is 78.9 Å². The third kappa shape index (κ3) is 5.47. The molecule has 0 saturated heterocycles. The van der Waals surface area contributed by atoms with Gasteiger partial charge in [0.1, 0.15) is 0 Å². The standard InChI is InChI=1S/C25H18ClF6NO3S/c26-20-5-2-4-19(25(30,31)32)22(20)23(34)33-16-10-7-14-3-1-6-21(18(14)13-16)37(35,36)17-11-8-15(9-12-17)24(27,28)29/h2,4-5,7-13,21H,1,3,6H2,(H,33,34). The molecule has 3 aromatic carbocycles. The molecule has 1 atom stereocenters. The summed E-state index contributed by atoms with van der Waals surface area (Å²) in [6.07, 6.45) is -8.27. The topological polar surface area (TPSA) is 63.2 Å². The first-order valence-electron chi connectivity index (χ1n) is 10.9. The highest BCUT2D eigenvalue weighted by molar-refractivity contribution is 7.91. The summed E-state index contributed by atoms with van der Waals surface area (Å²) in [5, 5.41) is 0.830. The Morgan fingerprint density at radius 1 is 0.919 bits per heavy atom. The maximum Gasteiger partial charge on any atom is 0.417 e. The normalized spacial score (nSPS) is 16.2. The van der Waals surface area contributed by atoms with Crippen molar-refractivity contribution in [3.63, 3.8) is 0 Å². The van der Waals surface area contributed by atoms with E-state index in [1.165, 1.54) is 12.1 Å². The molecule has 196 valence electrons. The maximum atomic E-state index is 13.4. The molecule has 1 aliphatic carbocycles. The van der Waals surface area contributed by atoms with E-state index >= 15 is 0 Å². The average Bonchev–Trinajstić information content (AvgIpc) is 2.82. The van der Waals surface area contributed by atoms with Crippen molar-refractivity contribution in [3.8, 4) is 0 Å². The van der Waals surface area contributed by atoms with Gasteiger partial charge in [0.15, 0.2) is 9.84 Å². The second kappa shape index (κ2) is 9.68. The smallest absolute Gasteiger partial charge is 0.322 e. The SMILES string of the molecule is O=C(Nc1ccc2c(c1)C(S(=O)(=O)c1ccc(C(F)(F)F)cc1)CCC2)c1c(Cl)cccc1C(F)(F)F. The maximum absolute atomic E-state index is 13.4. The molecule has 0 spiro atoms. The molecule has 0 aromatic heterocycles. The Morgan fingerprint density at radius 3 is 2.22 bits per heavy atom. The van der Waals surface area contributed by atoms with Crippen LogP contribution in [0.4, 0.5) is 32.0 Å². The van der Waals surface area contributed by atoms with E-state index in [0.29, 0.717) is 36.1 Å². The van der Waals surface area contributed by atoms with Crippen molar-refractivity contribution in [2.24, 2.45) is 0 Å². The molecule has 0 saturated carbocycles. The summed E-state index contributed by atoms with van der Waals surface area (Å²) in [5.41, 5.74) is -1.97. The lowest BCUT2D eigenvalue weighted by molar-refractivity contribution is -0.138. The number of carbonyl (C=O) groups is 1. The predicted molar refractivity (Wildman–Crippen MR) is 125 cm³/mol. The van der Waals surface area contributed by atoms with E-state index in [1.807, 2.05) is 0 Å². The van der Waals surface area contributed by atoms with Crippen molar-refractivity contribution in [1.29, 1.82) is 0 Å². The molecule has 1 N–H and O–H groups in total. The van der Waals surface area contributed by atoms with E-state index in [-0.39, 0.29) is 17.0 Å². The van der Waals surface area contributed by atoms with Gasteiger partial charge in [0.05, 0.1) is 31.9 Å². The summed E-state index contributed by atoms with van der Waals surface area (Å²) >= 11 is 5.89. The van der Waals surface area contributed by atoms with Crippen LogP contribution in [0.3, 0.4) is 0 Å². The van der Waals surface area contributed by atoms with Gasteiger partial charge in [-0.25, -0.2) is 8.42 Å². The van der Waals surface area contributed by atoms with Gasteiger partial charge in [-0.3, -0.25) is 4.79 Å². The van der Waals surface area contributed by atoms with Crippen molar-refractivity contribution in [2.75, 3.05) is 5.32 Å². The number of hydrogen-bond donors (Lipinski definition) is 1. The number of sulfone groups is 1. The van der Waals surface area contributed by atoms with Crippen molar-refractivity contribution < 1.29 is 39.6 Å². The number of carbonyl (C=O) groups excluding carboxylic acids is 1. The lowest BCUT2D eigenvalue weighted by atomic mass is 9.91. The molecule has 1 aliphatic rings. The number of fused-ring (bicyclic) bond motifs is 1. The lowest BCUT2D eigenvalue weighted by Gasteiger charge is -2.26. The number of nitrogens with one attached hydrogen (secondary N) is 1. The second-order valence-corrected chi connectivity index (χ2v) is 11.0. The van der Waals surface area contributed by atoms with Crippen LogP contribution in [0.5, 0.6) is 0 Å². The molecular weight excluding hydrogens is 544 g/mol. The van der Waals surface area contributed by atoms with Crippen LogP contribution in [0.1, 0.15) is 50.7 Å². The summed E-state index contributed by atoms with van der Waals surface area (Å²) in [5.74, 6) is -1.13. The van der Waals surface area contributed by atoms with E-state index in [1.54, 1.807) is 6.07 Å². The van der Waals surface area contributed by atoms with Gasteiger partial charge in [0.2, 0.25) is 0 Å². The monoisotopic (exact) mass is 561 g/mol. The molecule has 37 heavy (non-hydrogen) atoms. The fourth-order valence-corrected chi connectivity index (χ4v) is 6.47. The molecule has 1 unspecified atom stereocenters. The van der Waals surface area contributed by atoms with E-state index in [0.717, 1.165) is 30.3 Å². The van der Waals surface area contributed by atoms with Gasteiger partial charge in [-0.15, -0.1) is 0 Å². The molecule has 0 fully saturated rings. The molecule has 0 heterocycles. The second-order valence-electron chi connectivity index (χ2n) is 8.48. The number of anilines is 1. The molecule has 1 amide bonds. The van der Waals surface area contributed by atoms with Gasteiger partial charge >= 0.3 is 12.4 Å². The van der Waals surface area contributed by atoms with Crippen LogP contribution in [0.25, 0.3) is 0 Å². The van der Waals surface area contributed by atoms with E-state index in [4.69, 9.17) is 11.6 Å². The van der Waals surface area contributed by atoms with Crippen molar-refractivity contribution in [1.82, 2.24) is 0 Å². The number of hydrogen-bond acceptors (Lipinski definition) is 3. The number of alkyl halides is 6. The lowest BCUT2D eigenvalue weighted by Crippen LogP contribution is -2.21. The highest BCUT2D eigenvalue weighted by Crippen LogP contribution is 2.41. The Bertz CT molecular complexity index is 1450. The van der Waals surface area contributed by atoms with Crippen molar-refractivity contribution in [2.45, 2.75) is 41.8 Å². The minimum absolute atomic E-state index is 0.0475. The van der Waals surface area contributed by atoms with Gasteiger partial charge in [-0.1, -0.05) is 23.7 Å². The molecule has 0 bridgehead atoms. The zero-order valence-corrected chi connectivity index (χ0v) is 20.3. The summed E-state index contributed by atoms with van der Waals surface area (Å²) in [4.78, 5) is 12.5. The Kier molecular flexibility index (Phi) is 7.06. The van der Waals surface area contributed by atoms with Crippen LogP contribution in [0.15, 0.2) is 65.6 Å². The fraction of sp³-hybridized carbons (Fsp3) is 0.240. The zero-order valence-electron chi connectivity index (χ0n) is 18.8. The van der Waals surface area contributed by atoms with E-state index in [2.05, 4.69) is 5.32 Å². The summed E-state index contributed by atoms with van der Waals surface area (Å²) in [6, 6.07) is 10.5. The molecule has 3 aromatic rings. The van der Waals surface area contributed by atoms with Crippen LogP contribution >= 0.6 is 11.6 Å². The Morgan fingerprint density at radius 2 is 1.59 bits per heavy atom. The van der Waals surface area contributed by atoms with Crippen LogP contribution in [-0.2, 0) is 28.6 Å². The Hall–Kier alpha value is -3.05. The molecule has 12 heteroatoms. The number of amides is 1. The highest BCUT2D eigenvalue weighted by atomic mass is 35.5. The highest BCUT2D eigenvalue weighted by Gasteiger charge is 2.37. The summed E-state index contributed by atoms with van der Waals surface area (Å²) in [7, 11) is -4.12. The average molecular weight is 562 g/mol. The first kappa shape index (κ1) is 27.0. The zero-order chi connectivity index (χ0) is 27.2. The minimum atomic E-state index is -4.84. The Balaban J connectivity index is 1.68. The predicted octanol–water partition coefficient (Wildman–Crippen LogP) is 7.48. The number of halogens is 7. The van der Waals surface area contributed by atoms with Crippen molar-refractivity contribution in [3.05, 3.63) is 93.5 Å². The van der Waals surface area contributed by atoms with Crippen LogP contribution in [0, 0.1) is 0 Å². The van der Waals surface area contributed by atoms with Gasteiger partial charge in [-0.2, -0.15) is 26.3 Å². The van der Waals surface area contributed by atoms with Crippen LogP contribution in [0.2, 0.25) is 5.02 Å². The van der Waals surface area contributed by atoms with Crippen LogP contribution < -0.4 is 5.32 Å². The summed E-state index contributed by atoms with van der Waals surface area (Å²) in [6.45, 7) is 0. The molecular formula is C25H18ClF6NO3S. The number of aryl methyl sites for hydroxylation is 1. The summed E-state index contributed by atoms with van der Waals surface area (Å²) < 4.78 is 106. The fourth-order valence-electron chi connectivity index (χ4n) is 4.34. The largest absolute Gasteiger partial charge is 0.417 e. The molecule has 0 radical (unpaired) electrons. The first-order valence-corrected chi connectivity index (χ1v) is 12.8. The van der Waals surface area contributed by atoms with Gasteiger partial charge in [0.25, 0.3) is 5.91 Å². The minimum Gasteiger partial charge on any atom is -0.322 e. The number of rotatable bonds is 4. The van der Waals surface area contributed by atoms with E-state index < -0.39 is 55.1 Å². The van der Waals surface area contributed by atoms with Gasteiger partial charge < -0.3 is 5.32 Å². The first-order chi connectivity index (χ1) is 17.2. The quantitative estimate of drug-likeness (QED) is 0.336. The van der Waals surface area contributed by atoms with E-state index in [9.17, 15) is 39.6 Å². The molecule has 0 aliphatic heterocycles. The third-order valence-corrected chi connectivity index (χ3v) is 8.58. The van der Waals surface area contributed by atoms with Crippen LogP contribution in [-0.4, -0.2) is 14.3 Å². The van der Waals surface area contributed by atoms with Gasteiger partial charge in [0, 0.05) is 5.69 Å². The Labute approximate surface area is 213 Å². The third-order valence-electron chi connectivity index (χ3n) is 6.09. The number of benzene rings is 3. The molecule has 4 rings (SSSR count). The molecule has 4 nitrogen and oxygen atoms in total.